The highest BCUT2D eigenvalue weighted by Gasteiger charge is 2.12. The molecular formula is C19H21N3O3. The van der Waals surface area contributed by atoms with Gasteiger partial charge in [-0.1, -0.05) is 42.5 Å². The maximum Gasteiger partial charge on any atom is 0.329 e. The summed E-state index contributed by atoms with van der Waals surface area (Å²) in [5.41, 5.74) is 4.01. The number of ether oxygens (including phenoxy) is 1. The van der Waals surface area contributed by atoms with Crippen LogP contribution < -0.4 is 15.5 Å². The van der Waals surface area contributed by atoms with Gasteiger partial charge in [-0.25, -0.2) is 5.43 Å². The van der Waals surface area contributed by atoms with E-state index in [2.05, 4.69) is 15.8 Å². The van der Waals surface area contributed by atoms with Crippen molar-refractivity contribution < 1.29 is 14.3 Å². The molecule has 2 N–H and O–H groups in total. The maximum absolute atomic E-state index is 11.5. The van der Waals surface area contributed by atoms with E-state index in [0.717, 1.165) is 11.1 Å². The monoisotopic (exact) mass is 339 g/mol. The van der Waals surface area contributed by atoms with E-state index in [1.807, 2.05) is 48.5 Å². The average molecular weight is 339 g/mol. The van der Waals surface area contributed by atoms with Gasteiger partial charge >= 0.3 is 11.8 Å². The van der Waals surface area contributed by atoms with Crippen LogP contribution in [-0.2, 0) is 16.2 Å². The molecule has 2 aromatic rings. The van der Waals surface area contributed by atoms with Gasteiger partial charge in [-0.05, 0) is 37.1 Å². The van der Waals surface area contributed by atoms with Gasteiger partial charge in [0.05, 0.1) is 6.21 Å². The van der Waals surface area contributed by atoms with E-state index in [1.165, 1.54) is 6.21 Å². The second-order valence-corrected chi connectivity index (χ2v) is 5.67. The van der Waals surface area contributed by atoms with Crippen molar-refractivity contribution >= 4 is 18.0 Å². The number of carbonyl (C=O) groups is 2. The van der Waals surface area contributed by atoms with Crippen molar-refractivity contribution in [3.05, 3.63) is 65.7 Å². The van der Waals surface area contributed by atoms with Crippen molar-refractivity contribution in [3.8, 4) is 5.75 Å². The van der Waals surface area contributed by atoms with E-state index < -0.39 is 11.8 Å². The number of benzene rings is 2. The van der Waals surface area contributed by atoms with Crippen molar-refractivity contribution in [1.29, 1.82) is 0 Å². The van der Waals surface area contributed by atoms with Crippen molar-refractivity contribution in [3.63, 3.8) is 0 Å². The lowest BCUT2D eigenvalue weighted by molar-refractivity contribution is -0.139. The third-order valence-electron chi connectivity index (χ3n) is 3.11. The van der Waals surface area contributed by atoms with Gasteiger partial charge in [-0.15, -0.1) is 0 Å². The third kappa shape index (κ3) is 6.47. The number of hydrogen-bond acceptors (Lipinski definition) is 4. The molecule has 6 heteroatoms. The highest BCUT2D eigenvalue weighted by atomic mass is 16.5. The summed E-state index contributed by atoms with van der Waals surface area (Å²) in [5.74, 6) is -0.829. The number of carbonyl (C=O) groups excluding carboxylic acids is 2. The lowest BCUT2D eigenvalue weighted by atomic mass is 10.2. The van der Waals surface area contributed by atoms with Crippen LogP contribution in [0.25, 0.3) is 0 Å². The molecule has 2 amide bonds. The minimum atomic E-state index is -0.804. The second kappa shape index (κ2) is 9.22. The lowest BCUT2D eigenvalue weighted by Crippen LogP contribution is -2.41. The Kier molecular flexibility index (Phi) is 6.71. The van der Waals surface area contributed by atoms with E-state index in [1.54, 1.807) is 19.9 Å². The topological polar surface area (TPSA) is 79.8 Å². The summed E-state index contributed by atoms with van der Waals surface area (Å²) in [5, 5.41) is 6.28. The van der Waals surface area contributed by atoms with E-state index in [4.69, 9.17) is 4.74 Å². The van der Waals surface area contributed by atoms with Crippen molar-refractivity contribution in [2.45, 2.75) is 26.5 Å². The molecule has 0 spiro atoms. The first-order valence-corrected chi connectivity index (χ1v) is 7.95. The molecule has 0 aliphatic rings. The Hall–Kier alpha value is -3.15. The van der Waals surface area contributed by atoms with Crippen LogP contribution in [0, 0.1) is 0 Å². The zero-order chi connectivity index (χ0) is 18.1. The zero-order valence-electron chi connectivity index (χ0n) is 14.2. The molecule has 0 saturated heterocycles. The fourth-order valence-electron chi connectivity index (χ4n) is 1.97. The molecule has 0 aliphatic heterocycles. The predicted octanol–water partition coefficient (Wildman–Crippen LogP) is 2.24. The van der Waals surface area contributed by atoms with Gasteiger partial charge < -0.3 is 10.1 Å². The van der Waals surface area contributed by atoms with Gasteiger partial charge in [0.25, 0.3) is 0 Å². The third-order valence-corrected chi connectivity index (χ3v) is 3.11. The minimum Gasteiger partial charge on any atom is -0.489 e. The van der Waals surface area contributed by atoms with Gasteiger partial charge in [-0.3, -0.25) is 9.59 Å². The minimum absolute atomic E-state index is 0.110. The summed E-state index contributed by atoms with van der Waals surface area (Å²) in [6, 6.07) is 17.0. The van der Waals surface area contributed by atoms with Crippen molar-refractivity contribution in [1.82, 2.24) is 10.7 Å². The largest absolute Gasteiger partial charge is 0.489 e. The molecule has 0 fully saturated rings. The first kappa shape index (κ1) is 18.2. The molecule has 2 rings (SSSR count). The SMILES string of the molecule is CC(C)NC(=O)C(=O)NN=Cc1cccc(OCc2ccccc2)c1. The standard InChI is InChI=1S/C19H21N3O3/c1-14(2)21-18(23)19(24)22-20-12-16-9-6-10-17(11-16)25-13-15-7-4-3-5-8-15/h3-12,14H,13H2,1-2H3,(H,21,23)(H,22,24). The summed E-state index contributed by atoms with van der Waals surface area (Å²) in [6.45, 7) is 4.01. The van der Waals surface area contributed by atoms with Gasteiger partial charge in [0.1, 0.15) is 12.4 Å². The van der Waals surface area contributed by atoms with Gasteiger partial charge in [0.15, 0.2) is 0 Å². The zero-order valence-corrected chi connectivity index (χ0v) is 14.2. The summed E-state index contributed by atoms with van der Waals surface area (Å²) < 4.78 is 5.73. The summed E-state index contributed by atoms with van der Waals surface area (Å²) >= 11 is 0. The number of amides is 2. The van der Waals surface area contributed by atoms with Crippen LogP contribution in [0.5, 0.6) is 5.75 Å². The van der Waals surface area contributed by atoms with Crippen LogP contribution in [0.15, 0.2) is 59.7 Å². The van der Waals surface area contributed by atoms with Crippen molar-refractivity contribution in [2.75, 3.05) is 0 Å². The van der Waals surface area contributed by atoms with Crippen LogP contribution in [0.1, 0.15) is 25.0 Å². The lowest BCUT2D eigenvalue weighted by Gasteiger charge is -2.07. The number of nitrogens with one attached hydrogen (secondary N) is 2. The highest BCUT2D eigenvalue weighted by Crippen LogP contribution is 2.14. The first-order valence-electron chi connectivity index (χ1n) is 7.95. The molecule has 0 atom stereocenters. The van der Waals surface area contributed by atoms with E-state index in [-0.39, 0.29) is 6.04 Å². The molecular weight excluding hydrogens is 318 g/mol. The van der Waals surface area contributed by atoms with Gasteiger partial charge in [-0.2, -0.15) is 5.10 Å². The molecule has 0 aliphatic carbocycles. The van der Waals surface area contributed by atoms with Crippen LogP contribution in [0.3, 0.4) is 0 Å². The summed E-state index contributed by atoms with van der Waals surface area (Å²) in [6.07, 6.45) is 1.45. The number of hydrogen-bond donors (Lipinski definition) is 2. The highest BCUT2D eigenvalue weighted by molar-refractivity contribution is 6.35. The molecule has 0 heterocycles. The molecule has 6 nitrogen and oxygen atoms in total. The Bertz CT molecular complexity index is 743. The fraction of sp³-hybridized carbons (Fsp3) is 0.211. The first-order chi connectivity index (χ1) is 12.0. The van der Waals surface area contributed by atoms with Crippen LogP contribution in [0.4, 0.5) is 0 Å². The van der Waals surface area contributed by atoms with Gasteiger partial charge in [0.2, 0.25) is 0 Å². The molecule has 0 bridgehead atoms. The maximum atomic E-state index is 11.5. The Morgan fingerprint density at radius 1 is 1.08 bits per heavy atom. The van der Waals surface area contributed by atoms with Crippen molar-refractivity contribution in [2.24, 2.45) is 5.10 Å². The van der Waals surface area contributed by atoms with Gasteiger partial charge in [0, 0.05) is 6.04 Å². The fourth-order valence-corrected chi connectivity index (χ4v) is 1.97. The molecule has 2 aromatic carbocycles. The second-order valence-electron chi connectivity index (χ2n) is 5.67. The Balaban J connectivity index is 1.88. The smallest absolute Gasteiger partial charge is 0.329 e. The Labute approximate surface area is 146 Å². The number of hydrazone groups is 1. The Morgan fingerprint density at radius 3 is 2.56 bits per heavy atom. The summed E-state index contributed by atoms with van der Waals surface area (Å²) in [4.78, 5) is 23.0. The number of nitrogens with zero attached hydrogens (tertiary/aromatic N) is 1. The molecule has 130 valence electrons. The van der Waals surface area contributed by atoms with E-state index >= 15 is 0 Å². The molecule has 25 heavy (non-hydrogen) atoms. The summed E-state index contributed by atoms with van der Waals surface area (Å²) in [7, 11) is 0. The number of rotatable bonds is 6. The normalized spacial score (nSPS) is 10.7. The van der Waals surface area contributed by atoms with Crippen LogP contribution >= 0.6 is 0 Å². The molecule has 0 aromatic heterocycles. The van der Waals surface area contributed by atoms with E-state index in [0.29, 0.717) is 12.4 Å². The quantitative estimate of drug-likeness (QED) is 0.481. The Morgan fingerprint density at radius 2 is 1.84 bits per heavy atom. The van der Waals surface area contributed by atoms with Crippen LogP contribution in [0.2, 0.25) is 0 Å². The molecule has 0 saturated carbocycles. The molecule has 0 radical (unpaired) electrons. The van der Waals surface area contributed by atoms with E-state index in [9.17, 15) is 9.59 Å². The average Bonchev–Trinajstić information content (AvgIpc) is 2.60. The van der Waals surface area contributed by atoms with Crippen LogP contribution in [-0.4, -0.2) is 24.1 Å². The predicted molar refractivity (Wildman–Crippen MR) is 96.2 cm³/mol. The molecule has 0 unspecified atom stereocenters.